The van der Waals surface area contributed by atoms with E-state index in [4.69, 9.17) is 4.74 Å². The van der Waals surface area contributed by atoms with Crippen molar-refractivity contribution in [2.24, 2.45) is 0 Å². The van der Waals surface area contributed by atoms with Crippen LogP contribution in [0.15, 0.2) is 24.0 Å². The van der Waals surface area contributed by atoms with Gasteiger partial charge in [-0.1, -0.05) is 0 Å². The lowest BCUT2D eigenvalue weighted by Gasteiger charge is -2.43. The van der Waals surface area contributed by atoms with Crippen molar-refractivity contribution in [1.29, 1.82) is 0 Å². The summed E-state index contributed by atoms with van der Waals surface area (Å²) in [5, 5.41) is 3.62. The van der Waals surface area contributed by atoms with Gasteiger partial charge in [0, 0.05) is 48.0 Å². The van der Waals surface area contributed by atoms with Crippen LogP contribution < -0.4 is 5.32 Å². The first-order valence-electron chi connectivity index (χ1n) is 10.6. The molecular formula is C23H25F2N3O. The molecule has 1 aromatic carbocycles. The third-order valence-corrected chi connectivity index (χ3v) is 7.22. The number of anilines is 1. The minimum absolute atomic E-state index is 0.0174. The number of nitrogens with zero attached hydrogens (tertiary/aromatic N) is 1. The molecule has 1 fully saturated rings. The van der Waals surface area contributed by atoms with E-state index in [0.717, 1.165) is 59.7 Å². The highest BCUT2D eigenvalue weighted by Crippen LogP contribution is 2.57. The molecule has 0 spiro atoms. The second-order valence-corrected chi connectivity index (χ2v) is 8.71. The van der Waals surface area contributed by atoms with Gasteiger partial charge in [-0.3, -0.25) is 4.90 Å². The Hall–Kier alpha value is -2.18. The molecule has 4 unspecified atom stereocenters. The Balaban J connectivity index is 1.59. The number of benzene rings is 1. The highest BCUT2D eigenvalue weighted by atomic mass is 19.1. The summed E-state index contributed by atoms with van der Waals surface area (Å²) in [5.41, 5.74) is 6.29. The van der Waals surface area contributed by atoms with Gasteiger partial charge < -0.3 is 15.0 Å². The topological polar surface area (TPSA) is 40.3 Å². The summed E-state index contributed by atoms with van der Waals surface area (Å²) in [6.07, 6.45) is 4.97. The smallest absolute Gasteiger partial charge is 0.123 e. The summed E-state index contributed by atoms with van der Waals surface area (Å²) in [7, 11) is 1.73. The quantitative estimate of drug-likeness (QED) is 0.763. The fourth-order valence-corrected chi connectivity index (χ4v) is 6.07. The van der Waals surface area contributed by atoms with Crippen LogP contribution >= 0.6 is 0 Å². The van der Waals surface area contributed by atoms with Gasteiger partial charge in [0.15, 0.2) is 0 Å². The van der Waals surface area contributed by atoms with E-state index in [1.165, 1.54) is 6.07 Å². The van der Waals surface area contributed by atoms with Crippen molar-refractivity contribution in [3.63, 3.8) is 0 Å². The van der Waals surface area contributed by atoms with Crippen molar-refractivity contribution >= 4 is 11.8 Å². The minimum atomic E-state index is -0.215. The van der Waals surface area contributed by atoms with Gasteiger partial charge in [0.05, 0.1) is 11.7 Å². The Morgan fingerprint density at radius 1 is 1.14 bits per heavy atom. The van der Waals surface area contributed by atoms with E-state index in [-0.39, 0.29) is 35.7 Å². The lowest BCUT2D eigenvalue weighted by Crippen LogP contribution is -2.43. The zero-order chi connectivity index (χ0) is 19.7. The van der Waals surface area contributed by atoms with Gasteiger partial charge in [0.25, 0.3) is 0 Å². The zero-order valence-corrected chi connectivity index (χ0v) is 16.5. The molecule has 2 N–H and O–H groups in total. The molecule has 0 saturated carbocycles. The van der Waals surface area contributed by atoms with E-state index >= 15 is 0 Å². The predicted molar refractivity (Wildman–Crippen MR) is 108 cm³/mol. The van der Waals surface area contributed by atoms with Crippen LogP contribution in [-0.2, 0) is 11.2 Å². The SMILES string of the molecule is COC1c2[nH]c3c(c2C(N2CCCC2)C2c4cc(F)ccc4NC12)C=C(F)CC3. The fourth-order valence-electron chi connectivity index (χ4n) is 6.07. The molecule has 2 aromatic rings. The third kappa shape index (κ3) is 2.48. The summed E-state index contributed by atoms with van der Waals surface area (Å²) >= 11 is 0. The maximum Gasteiger partial charge on any atom is 0.123 e. The molecule has 3 heterocycles. The molecule has 152 valence electrons. The Labute approximate surface area is 168 Å². The Morgan fingerprint density at radius 3 is 2.76 bits per heavy atom. The molecule has 2 aliphatic carbocycles. The van der Waals surface area contributed by atoms with E-state index in [0.29, 0.717) is 12.8 Å². The minimum Gasteiger partial charge on any atom is -0.378 e. The van der Waals surface area contributed by atoms with Crippen LogP contribution in [-0.4, -0.2) is 36.1 Å². The van der Waals surface area contributed by atoms with E-state index in [1.54, 1.807) is 19.3 Å². The number of fused-ring (bicyclic) bond motifs is 6. The number of methoxy groups -OCH3 is 1. The average Bonchev–Trinajstić information content (AvgIpc) is 3.43. The van der Waals surface area contributed by atoms with Gasteiger partial charge in [0.2, 0.25) is 0 Å². The lowest BCUT2D eigenvalue weighted by molar-refractivity contribution is 0.0478. The number of aromatic amines is 1. The first kappa shape index (κ1) is 17.7. The van der Waals surface area contributed by atoms with Crippen molar-refractivity contribution in [1.82, 2.24) is 9.88 Å². The van der Waals surface area contributed by atoms with Crippen molar-refractivity contribution in [3.05, 3.63) is 57.9 Å². The Morgan fingerprint density at radius 2 is 1.97 bits per heavy atom. The summed E-state index contributed by atoms with van der Waals surface area (Å²) in [6, 6.07) is 5.11. The molecule has 1 saturated heterocycles. The summed E-state index contributed by atoms with van der Waals surface area (Å²) in [5.74, 6) is -0.214. The Bertz CT molecular complexity index is 1010. The number of hydrogen-bond acceptors (Lipinski definition) is 3. The monoisotopic (exact) mass is 397 g/mol. The standard InChI is InChI=1S/C23H25F2N3O/c1-29-23-20-18(14-10-12(24)4-6-16(14)26-20)22(28-8-2-3-9-28)19-15-11-13(25)5-7-17(15)27-21(19)23/h4,6,10-11,18,20,22-23,26-27H,2-3,5,7-9H2,1H3. The number of ether oxygens (including phenoxy) is 1. The number of aromatic nitrogens is 1. The van der Waals surface area contributed by atoms with Crippen LogP contribution in [0.2, 0.25) is 0 Å². The van der Waals surface area contributed by atoms with Crippen LogP contribution in [0, 0.1) is 5.82 Å². The number of likely N-dealkylation sites (tertiary alicyclic amines) is 1. The molecule has 0 radical (unpaired) electrons. The van der Waals surface area contributed by atoms with E-state index in [9.17, 15) is 8.78 Å². The van der Waals surface area contributed by atoms with Crippen molar-refractivity contribution < 1.29 is 13.5 Å². The van der Waals surface area contributed by atoms with Gasteiger partial charge in [-0.15, -0.1) is 0 Å². The number of rotatable bonds is 2. The van der Waals surface area contributed by atoms with Gasteiger partial charge in [0.1, 0.15) is 17.7 Å². The number of halogens is 2. The number of allylic oxidation sites excluding steroid dienone is 1. The molecule has 2 aliphatic heterocycles. The molecule has 0 amide bonds. The Kier molecular flexibility index (Phi) is 3.90. The van der Waals surface area contributed by atoms with Gasteiger partial charge in [-0.2, -0.15) is 0 Å². The summed E-state index contributed by atoms with van der Waals surface area (Å²) in [4.78, 5) is 6.12. The van der Waals surface area contributed by atoms with Crippen LogP contribution in [0.4, 0.5) is 14.5 Å². The van der Waals surface area contributed by atoms with Gasteiger partial charge >= 0.3 is 0 Å². The fraction of sp³-hybridized carbons (Fsp3) is 0.478. The van der Waals surface area contributed by atoms with Crippen molar-refractivity contribution in [3.8, 4) is 0 Å². The molecule has 4 nitrogen and oxygen atoms in total. The van der Waals surface area contributed by atoms with Crippen molar-refractivity contribution in [2.75, 3.05) is 25.5 Å². The molecule has 4 aliphatic rings. The summed E-state index contributed by atoms with van der Waals surface area (Å²) < 4.78 is 34.5. The van der Waals surface area contributed by atoms with E-state index < -0.39 is 0 Å². The molecular weight excluding hydrogens is 372 g/mol. The zero-order valence-electron chi connectivity index (χ0n) is 16.5. The normalized spacial score (nSPS) is 30.2. The number of hydrogen-bond donors (Lipinski definition) is 2. The van der Waals surface area contributed by atoms with Crippen LogP contribution in [0.25, 0.3) is 6.08 Å². The van der Waals surface area contributed by atoms with Crippen LogP contribution in [0.3, 0.4) is 0 Å². The first-order valence-corrected chi connectivity index (χ1v) is 10.6. The number of nitrogens with one attached hydrogen (secondary N) is 2. The van der Waals surface area contributed by atoms with Gasteiger partial charge in [-0.25, -0.2) is 8.78 Å². The number of H-pyrrole nitrogens is 1. The number of aryl methyl sites for hydroxylation is 1. The van der Waals surface area contributed by atoms with Crippen molar-refractivity contribution in [2.45, 2.75) is 49.8 Å². The molecule has 1 aromatic heterocycles. The largest absolute Gasteiger partial charge is 0.378 e. The van der Waals surface area contributed by atoms with Crippen LogP contribution in [0.1, 0.15) is 65.4 Å². The van der Waals surface area contributed by atoms with E-state index in [1.807, 2.05) is 6.07 Å². The molecule has 4 atom stereocenters. The lowest BCUT2D eigenvalue weighted by atomic mass is 9.73. The van der Waals surface area contributed by atoms with Gasteiger partial charge in [-0.05, 0) is 62.2 Å². The highest BCUT2D eigenvalue weighted by molar-refractivity contribution is 5.68. The maximum absolute atomic E-state index is 14.3. The molecule has 6 heteroatoms. The first-order chi connectivity index (χ1) is 14.2. The van der Waals surface area contributed by atoms with E-state index in [2.05, 4.69) is 15.2 Å². The predicted octanol–water partition coefficient (Wildman–Crippen LogP) is 4.83. The van der Waals surface area contributed by atoms with Crippen LogP contribution in [0.5, 0.6) is 0 Å². The maximum atomic E-state index is 14.3. The summed E-state index contributed by atoms with van der Waals surface area (Å²) in [6.45, 7) is 2.03. The average molecular weight is 397 g/mol. The third-order valence-electron chi connectivity index (χ3n) is 7.22. The second-order valence-electron chi connectivity index (χ2n) is 8.71. The molecule has 6 rings (SSSR count). The second kappa shape index (κ2) is 6.41. The molecule has 0 bridgehead atoms. The highest BCUT2D eigenvalue weighted by Gasteiger charge is 2.52. The molecule has 29 heavy (non-hydrogen) atoms.